The van der Waals surface area contributed by atoms with Crippen LogP contribution in [0.2, 0.25) is 5.02 Å². The highest BCUT2D eigenvalue weighted by atomic mass is 35.5. The molecule has 34 heavy (non-hydrogen) atoms. The molecule has 178 valence electrons. The highest BCUT2D eigenvalue weighted by Gasteiger charge is 2.35. The fourth-order valence-corrected chi connectivity index (χ4v) is 4.39. The fraction of sp³-hybridized carbons (Fsp3) is 0.375. The van der Waals surface area contributed by atoms with Crippen LogP contribution in [0.3, 0.4) is 0 Å². The van der Waals surface area contributed by atoms with Crippen molar-refractivity contribution in [2.24, 2.45) is 0 Å². The molecule has 0 spiro atoms. The number of halogens is 1. The van der Waals surface area contributed by atoms with Gasteiger partial charge in [0.25, 0.3) is 5.91 Å². The summed E-state index contributed by atoms with van der Waals surface area (Å²) in [4.78, 5) is 26.8. The van der Waals surface area contributed by atoms with Gasteiger partial charge >= 0.3 is 6.03 Å². The average molecular weight is 484 g/mol. The molecule has 9 nitrogen and oxygen atoms in total. The first kappa shape index (κ1) is 22.5. The monoisotopic (exact) mass is 483 g/mol. The van der Waals surface area contributed by atoms with E-state index >= 15 is 0 Å². The number of carbonyl (C=O) groups excluding carboxylic acids is 2. The average Bonchev–Trinajstić information content (AvgIpc) is 3.42. The number of hydrogen-bond acceptors (Lipinski definition) is 5. The zero-order chi connectivity index (χ0) is 24.0. The van der Waals surface area contributed by atoms with Gasteiger partial charge in [-0.1, -0.05) is 11.6 Å². The smallest absolute Gasteiger partial charge is 0.319 e. The van der Waals surface area contributed by atoms with Crippen molar-refractivity contribution in [3.63, 3.8) is 0 Å². The number of nitrogens with zero attached hydrogens (tertiary/aromatic N) is 3. The summed E-state index contributed by atoms with van der Waals surface area (Å²) < 4.78 is 7.72. The van der Waals surface area contributed by atoms with Crippen molar-refractivity contribution in [3.8, 4) is 11.5 Å². The first-order valence-electron chi connectivity index (χ1n) is 11.2. The first-order chi connectivity index (χ1) is 16.2. The fourth-order valence-electron chi connectivity index (χ4n) is 4.17. The number of β-amino-alcohol motifs (C(OH)–C–C–N with tert-alkyl or cyclic N) is 1. The molecule has 2 aromatic heterocycles. The van der Waals surface area contributed by atoms with Crippen molar-refractivity contribution in [1.29, 1.82) is 0 Å². The lowest BCUT2D eigenvalue weighted by Gasteiger charge is -2.18. The van der Waals surface area contributed by atoms with Gasteiger partial charge in [-0.2, -0.15) is 5.10 Å². The van der Waals surface area contributed by atoms with E-state index in [-0.39, 0.29) is 18.0 Å². The largest absolute Gasteiger partial charge is 0.455 e. The number of benzene rings is 1. The van der Waals surface area contributed by atoms with Gasteiger partial charge in [0.2, 0.25) is 0 Å². The van der Waals surface area contributed by atoms with Crippen LogP contribution < -0.4 is 15.4 Å². The first-order valence-corrected chi connectivity index (χ1v) is 11.6. The molecule has 1 aromatic carbocycles. The van der Waals surface area contributed by atoms with Gasteiger partial charge < -0.3 is 25.4 Å². The minimum Gasteiger partial charge on any atom is -0.455 e. The van der Waals surface area contributed by atoms with Crippen LogP contribution in [0.5, 0.6) is 11.5 Å². The molecule has 2 aliphatic rings. The number of likely N-dealkylation sites (tertiary alicyclic amines) is 1. The number of amides is 3. The molecular weight excluding hydrogens is 458 g/mol. The number of hydrogen-bond donors (Lipinski definition) is 3. The van der Waals surface area contributed by atoms with E-state index in [1.54, 1.807) is 53.0 Å². The standard InChI is InChI=1S/C24H26ClN5O4/c1-14-17(22(31)29-10-8-24(2,33)13-29)12-30-21(14)20(7-9-26-30)34-16-5-6-19(18(25)11-16)28-23(32)27-15-3-4-15/h5-7,9,11-12,15,33H,3-4,8,10,13H2,1-2H3,(H2,27,28,32)/t24-/m1/s1. The van der Waals surface area contributed by atoms with E-state index < -0.39 is 5.60 Å². The van der Waals surface area contributed by atoms with E-state index in [0.717, 1.165) is 18.4 Å². The molecule has 0 unspecified atom stereocenters. The molecule has 5 rings (SSSR count). The van der Waals surface area contributed by atoms with Gasteiger partial charge in [0.05, 0.1) is 28.1 Å². The number of nitrogens with one attached hydrogen (secondary N) is 2. The Hall–Kier alpha value is -3.30. The Balaban J connectivity index is 1.37. The minimum absolute atomic E-state index is 0.144. The Morgan fingerprint density at radius 3 is 2.76 bits per heavy atom. The van der Waals surface area contributed by atoms with E-state index in [2.05, 4.69) is 15.7 Å². The van der Waals surface area contributed by atoms with Crippen LogP contribution >= 0.6 is 11.6 Å². The Morgan fingerprint density at radius 1 is 1.29 bits per heavy atom. The summed E-state index contributed by atoms with van der Waals surface area (Å²) in [5.74, 6) is 0.855. The number of aromatic nitrogens is 2. The summed E-state index contributed by atoms with van der Waals surface area (Å²) in [5.41, 5.74) is 1.54. The van der Waals surface area contributed by atoms with E-state index in [1.165, 1.54) is 0 Å². The summed E-state index contributed by atoms with van der Waals surface area (Å²) in [7, 11) is 0. The quantitative estimate of drug-likeness (QED) is 0.509. The Bertz CT molecular complexity index is 1280. The number of aryl methyl sites for hydroxylation is 1. The summed E-state index contributed by atoms with van der Waals surface area (Å²) in [5, 5.41) is 20.5. The summed E-state index contributed by atoms with van der Waals surface area (Å²) >= 11 is 6.37. The lowest BCUT2D eigenvalue weighted by atomic mass is 10.1. The van der Waals surface area contributed by atoms with Crippen molar-refractivity contribution in [2.45, 2.75) is 44.8 Å². The van der Waals surface area contributed by atoms with Gasteiger partial charge in [0.1, 0.15) is 11.3 Å². The molecule has 2 fully saturated rings. The predicted octanol–water partition coefficient (Wildman–Crippen LogP) is 3.97. The number of urea groups is 1. The number of ether oxygens (including phenoxy) is 1. The number of fused-ring (bicyclic) bond motifs is 1. The molecule has 1 atom stereocenters. The number of aliphatic hydroxyl groups is 1. The van der Waals surface area contributed by atoms with Crippen molar-refractivity contribution in [2.75, 3.05) is 18.4 Å². The third-order valence-corrected chi connectivity index (χ3v) is 6.50. The van der Waals surface area contributed by atoms with Crippen molar-refractivity contribution in [1.82, 2.24) is 19.8 Å². The molecule has 3 N–H and O–H groups in total. The lowest BCUT2D eigenvalue weighted by molar-refractivity contribution is 0.0572. The lowest BCUT2D eigenvalue weighted by Crippen LogP contribution is -2.34. The highest BCUT2D eigenvalue weighted by Crippen LogP contribution is 2.34. The van der Waals surface area contributed by atoms with Crippen LogP contribution in [0.1, 0.15) is 42.1 Å². The number of anilines is 1. The van der Waals surface area contributed by atoms with E-state index in [0.29, 0.717) is 52.8 Å². The zero-order valence-electron chi connectivity index (χ0n) is 19.0. The highest BCUT2D eigenvalue weighted by molar-refractivity contribution is 6.33. The third-order valence-electron chi connectivity index (χ3n) is 6.19. The molecule has 0 radical (unpaired) electrons. The molecule has 3 amide bonds. The minimum atomic E-state index is -0.867. The van der Waals surface area contributed by atoms with Crippen LogP contribution in [0.15, 0.2) is 36.7 Å². The maximum absolute atomic E-state index is 13.1. The van der Waals surface area contributed by atoms with Crippen molar-refractivity contribution < 1.29 is 19.4 Å². The molecule has 3 heterocycles. The second kappa shape index (κ2) is 8.48. The molecule has 1 aliphatic heterocycles. The molecular formula is C24H26ClN5O4. The summed E-state index contributed by atoms with van der Waals surface area (Å²) in [6, 6.07) is 6.71. The Morgan fingerprint density at radius 2 is 2.09 bits per heavy atom. The predicted molar refractivity (Wildman–Crippen MR) is 128 cm³/mol. The summed E-state index contributed by atoms with van der Waals surface area (Å²) in [6.07, 6.45) is 5.83. The third kappa shape index (κ3) is 4.53. The Kier molecular flexibility index (Phi) is 5.61. The molecule has 3 aromatic rings. The second-order valence-electron chi connectivity index (χ2n) is 9.25. The molecule has 1 saturated carbocycles. The van der Waals surface area contributed by atoms with Crippen molar-refractivity contribution in [3.05, 3.63) is 52.8 Å². The van der Waals surface area contributed by atoms with Gasteiger partial charge in [-0.25, -0.2) is 9.31 Å². The van der Waals surface area contributed by atoms with E-state index in [4.69, 9.17) is 16.3 Å². The van der Waals surface area contributed by atoms with Crippen LogP contribution in [0, 0.1) is 6.92 Å². The van der Waals surface area contributed by atoms with Crippen LogP contribution in [0.4, 0.5) is 10.5 Å². The van der Waals surface area contributed by atoms with Gasteiger partial charge in [0, 0.05) is 37.5 Å². The number of carbonyl (C=O) groups is 2. The molecule has 1 saturated heterocycles. The van der Waals surface area contributed by atoms with Crippen LogP contribution in [0.25, 0.3) is 5.52 Å². The van der Waals surface area contributed by atoms with E-state index in [1.807, 2.05) is 6.92 Å². The maximum Gasteiger partial charge on any atom is 0.319 e. The van der Waals surface area contributed by atoms with E-state index in [9.17, 15) is 14.7 Å². The SMILES string of the molecule is Cc1c(C(=O)N2CC[C@@](C)(O)C2)cn2nccc(Oc3ccc(NC(=O)NC4CC4)c(Cl)c3)c12. The van der Waals surface area contributed by atoms with Gasteiger partial charge in [-0.15, -0.1) is 0 Å². The zero-order valence-corrected chi connectivity index (χ0v) is 19.7. The molecule has 10 heteroatoms. The summed E-state index contributed by atoms with van der Waals surface area (Å²) in [6.45, 7) is 4.39. The normalized spacial score (nSPS) is 19.9. The van der Waals surface area contributed by atoms with Crippen LogP contribution in [-0.2, 0) is 0 Å². The topological polar surface area (TPSA) is 108 Å². The number of rotatable bonds is 5. The van der Waals surface area contributed by atoms with Gasteiger partial charge in [-0.05, 0) is 50.8 Å². The van der Waals surface area contributed by atoms with Gasteiger partial charge in [-0.3, -0.25) is 4.79 Å². The van der Waals surface area contributed by atoms with Crippen molar-refractivity contribution >= 4 is 34.7 Å². The maximum atomic E-state index is 13.1. The van der Waals surface area contributed by atoms with Gasteiger partial charge in [0.15, 0.2) is 5.75 Å². The molecule has 0 bridgehead atoms. The van der Waals surface area contributed by atoms with Crippen LogP contribution in [-0.4, -0.2) is 56.3 Å². The Labute approximate surface area is 201 Å². The molecule has 1 aliphatic carbocycles. The second-order valence-corrected chi connectivity index (χ2v) is 9.65.